The van der Waals surface area contributed by atoms with Crippen molar-refractivity contribution < 1.29 is 23.9 Å². The van der Waals surface area contributed by atoms with Gasteiger partial charge in [0.25, 0.3) is 0 Å². The van der Waals surface area contributed by atoms with Crippen molar-refractivity contribution in [3.8, 4) is 5.88 Å². The van der Waals surface area contributed by atoms with Gasteiger partial charge in [-0.1, -0.05) is 23.4 Å². The molecule has 2 aliphatic heterocycles. The molecule has 3 N–H and O–H groups in total. The number of alkyl carbamates (subject to hydrolysis) is 1. The predicted molar refractivity (Wildman–Crippen MR) is 142 cm³/mol. The Balaban J connectivity index is 1.10. The van der Waals surface area contributed by atoms with Crippen molar-refractivity contribution >= 4 is 34.1 Å². The molecule has 1 amide bonds. The Kier molecular flexibility index (Phi) is 5.86. The molecule has 1 aliphatic carbocycles. The number of fused-ring (bicyclic) bond motifs is 3. The summed E-state index contributed by atoms with van der Waals surface area (Å²) < 4.78 is 19.4. The van der Waals surface area contributed by atoms with E-state index >= 15 is 0 Å². The first-order valence-electron chi connectivity index (χ1n) is 12.8. The van der Waals surface area contributed by atoms with Gasteiger partial charge < -0.3 is 25.0 Å². The van der Waals surface area contributed by atoms with E-state index in [4.69, 9.17) is 14.6 Å². The van der Waals surface area contributed by atoms with Crippen molar-refractivity contribution in [2.75, 3.05) is 26.2 Å². The van der Waals surface area contributed by atoms with Crippen molar-refractivity contribution in [2.45, 2.75) is 32.4 Å². The van der Waals surface area contributed by atoms with Gasteiger partial charge in [0.05, 0.1) is 11.3 Å². The van der Waals surface area contributed by atoms with Crippen LogP contribution >= 0.6 is 0 Å². The number of aromatic hydroxyl groups is 1. The van der Waals surface area contributed by atoms with Crippen molar-refractivity contribution in [2.24, 2.45) is 22.0 Å². The number of H-pyrrole nitrogens is 1. The first-order chi connectivity index (χ1) is 18.2. The second-order valence-electron chi connectivity index (χ2n) is 11.0. The summed E-state index contributed by atoms with van der Waals surface area (Å²) in [5.41, 5.74) is 2.90. The first kappa shape index (κ1) is 24.4. The average molecular weight is 520 g/mol. The number of nitrogens with one attached hydrogen (secondary N) is 2. The summed E-state index contributed by atoms with van der Waals surface area (Å²) in [6.45, 7) is 8.40. The predicted octanol–water partition coefficient (Wildman–Crippen LogP) is 4.32. The van der Waals surface area contributed by atoms with Crippen molar-refractivity contribution in [1.82, 2.24) is 15.2 Å². The number of carbonyl (C=O) groups is 1. The van der Waals surface area contributed by atoms with E-state index in [1.54, 1.807) is 6.07 Å². The lowest BCUT2D eigenvalue weighted by molar-refractivity contribution is 0.0511. The molecule has 1 aromatic heterocycles. The molecule has 10 heteroatoms. The summed E-state index contributed by atoms with van der Waals surface area (Å²) in [6, 6.07) is 12.0. The van der Waals surface area contributed by atoms with Crippen LogP contribution in [0.3, 0.4) is 0 Å². The third-order valence-corrected chi connectivity index (χ3v) is 7.20. The van der Waals surface area contributed by atoms with Gasteiger partial charge in [0.2, 0.25) is 0 Å². The molecule has 3 aliphatic rings. The number of oxime groups is 1. The number of aromatic nitrogens is 1. The number of nitrogens with zero attached hydrogens (tertiary/aromatic N) is 3. The van der Waals surface area contributed by atoms with E-state index in [-0.39, 0.29) is 18.0 Å². The molecule has 0 radical (unpaired) electrons. The van der Waals surface area contributed by atoms with E-state index < -0.39 is 11.4 Å². The number of halogens is 1. The molecule has 9 nitrogen and oxygen atoms in total. The van der Waals surface area contributed by atoms with Gasteiger partial charge in [-0.25, -0.2) is 14.2 Å². The minimum atomic E-state index is -0.507. The highest BCUT2D eigenvalue weighted by molar-refractivity contribution is 6.58. The third-order valence-electron chi connectivity index (χ3n) is 7.20. The maximum absolute atomic E-state index is 14.0. The Bertz CT molecular complexity index is 1460. The molecule has 2 aromatic carbocycles. The van der Waals surface area contributed by atoms with Crippen LogP contribution in [-0.4, -0.2) is 70.4 Å². The monoisotopic (exact) mass is 519 g/mol. The van der Waals surface area contributed by atoms with Crippen LogP contribution in [0, 0.1) is 17.7 Å². The number of aromatic amines is 1. The smallest absolute Gasteiger partial charge is 0.407 e. The molecule has 38 heavy (non-hydrogen) atoms. The molecular formula is C28H30FN5O4. The molecule has 0 bridgehead atoms. The van der Waals surface area contributed by atoms with Gasteiger partial charge in [0.15, 0.2) is 5.88 Å². The number of rotatable bonds is 6. The molecule has 3 aromatic rings. The van der Waals surface area contributed by atoms with E-state index in [1.165, 1.54) is 12.1 Å². The van der Waals surface area contributed by atoms with Crippen molar-refractivity contribution in [1.29, 1.82) is 0 Å². The van der Waals surface area contributed by atoms with Crippen LogP contribution in [0.25, 0.3) is 10.9 Å². The zero-order valence-electron chi connectivity index (χ0n) is 21.5. The Hall–Kier alpha value is -3.92. The molecule has 3 heterocycles. The average Bonchev–Trinajstić information content (AvgIpc) is 3.19. The maximum atomic E-state index is 14.0. The van der Waals surface area contributed by atoms with E-state index in [0.717, 1.165) is 18.7 Å². The van der Waals surface area contributed by atoms with Gasteiger partial charge in [-0.3, -0.25) is 4.90 Å². The Morgan fingerprint density at radius 2 is 2.00 bits per heavy atom. The number of hydrogen-bond donors (Lipinski definition) is 3. The normalized spacial score (nSPS) is 23.3. The topological polar surface area (TPSA) is 112 Å². The summed E-state index contributed by atoms with van der Waals surface area (Å²) >= 11 is 0. The quantitative estimate of drug-likeness (QED) is 0.332. The minimum Gasteiger partial charge on any atom is -0.494 e. The number of likely N-dealkylation sites (tertiary alicyclic amines) is 1. The number of ether oxygens (including phenoxy) is 1. The highest BCUT2D eigenvalue weighted by Gasteiger charge is 2.56. The van der Waals surface area contributed by atoms with Gasteiger partial charge in [-0.15, -0.1) is 0 Å². The lowest BCUT2D eigenvalue weighted by atomic mass is 10.0. The fourth-order valence-corrected chi connectivity index (χ4v) is 5.46. The number of hydrogen-bond acceptors (Lipinski definition) is 7. The van der Waals surface area contributed by atoms with Gasteiger partial charge in [0, 0.05) is 42.1 Å². The van der Waals surface area contributed by atoms with E-state index in [1.807, 2.05) is 45.0 Å². The molecule has 1 saturated carbocycles. The number of benzene rings is 2. The van der Waals surface area contributed by atoms with Crippen molar-refractivity contribution in [3.05, 3.63) is 59.4 Å². The molecule has 3 atom stereocenters. The fraction of sp³-hybridized carbons (Fsp3) is 0.393. The summed E-state index contributed by atoms with van der Waals surface area (Å²) in [6.07, 6.45) is -0.360. The van der Waals surface area contributed by atoms with Crippen LogP contribution in [0.4, 0.5) is 14.9 Å². The molecule has 2 fully saturated rings. The highest BCUT2D eigenvalue weighted by Crippen LogP contribution is 2.45. The van der Waals surface area contributed by atoms with E-state index in [0.29, 0.717) is 58.6 Å². The van der Waals surface area contributed by atoms with Crippen LogP contribution in [0.1, 0.15) is 31.9 Å². The largest absolute Gasteiger partial charge is 0.494 e. The fourth-order valence-electron chi connectivity index (χ4n) is 5.46. The molecule has 0 spiro atoms. The van der Waals surface area contributed by atoms with Crippen LogP contribution in [-0.2, 0) is 9.57 Å². The van der Waals surface area contributed by atoms with E-state index in [2.05, 4.69) is 20.4 Å². The summed E-state index contributed by atoms with van der Waals surface area (Å²) in [5, 5.41) is 18.6. The highest BCUT2D eigenvalue weighted by atomic mass is 19.1. The van der Waals surface area contributed by atoms with Crippen LogP contribution in [0.5, 0.6) is 5.88 Å². The summed E-state index contributed by atoms with van der Waals surface area (Å²) in [5.74, 6) is 0.352. The first-order valence-corrected chi connectivity index (χ1v) is 12.8. The molecule has 198 valence electrons. The molecule has 6 rings (SSSR count). The Labute approximate surface area is 219 Å². The Morgan fingerprint density at radius 1 is 1.24 bits per heavy atom. The second-order valence-corrected chi connectivity index (χ2v) is 11.0. The molecular weight excluding hydrogens is 489 g/mol. The van der Waals surface area contributed by atoms with Crippen LogP contribution < -0.4 is 5.32 Å². The number of carbonyl (C=O) groups excluding carboxylic acids is 1. The van der Waals surface area contributed by atoms with Crippen LogP contribution in [0.15, 0.2) is 52.6 Å². The number of piperidine rings is 1. The van der Waals surface area contributed by atoms with Gasteiger partial charge in [-0.05, 0) is 56.9 Å². The standard InChI is InChI=1S/C28H30FN5O4/c1-28(2,3)38-27(36)32-23-18-13-34(14-19(18)23)10-11-37-33-24-16-6-4-5-7-20(16)30-25(24)22-17-12-15(29)8-9-21(17)31-26(22)35/h4-9,12,18-19,23,31,35H,10-11,13-14H2,1-3H3,(H,32,36)/t18-,19+,23?. The molecule has 1 unspecified atom stereocenters. The summed E-state index contributed by atoms with van der Waals surface area (Å²) in [4.78, 5) is 27.7. The second kappa shape index (κ2) is 9.13. The van der Waals surface area contributed by atoms with Gasteiger partial charge in [0.1, 0.15) is 29.4 Å². The zero-order chi connectivity index (χ0) is 26.6. The molecule has 1 saturated heterocycles. The zero-order valence-corrected chi connectivity index (χ0v) is 21.5. The SMILES string of the molecule is CC(C)(C)OC(=O)NC1[C@H]2CN(CCON=C3C(c4c(O)[nH]c5ccc(F)cc45)=Nc4ccccc43)C[C@@H]12. The van der Waals surface area contributed by atoms with Gasteiger partial charge >= 0.3 is 6.09 Å². The lowest BCUT2D eigenvalue weighted by Crippen LogP contribution is -2.38. The van der Waals surface area contributed by atoms with E-state index in [9.17, 15) is 14.3 Å². The number of para-hydroxylation sites is 1. The number of amides is 1. The van der Waals surface area contributed by atoms with Gasteiger partial charge in [-0.2, -0.15) is 0 Å². The third kappa shape index (κ3) is 4.60. The minimum absolute atomic E-state index is 0.101. The summed E-state index contributed by atoms with van der Waals surface area (Å²) in [7, 11) is 0. The number of aliphatic imine (C=N–C) groups is 1. The maximum Gasteiger partial charge on any atom is 0.407 e. The van der Waals surface area contributed by atoms with Crippen LogP contribution in [0.2, 0.25) is 0 Å². The van der Waals surface area contributed by atoms with Crippen molar-refractivity contribution in [3.63, 3.8) is 0 Å². The Morgan fingerprint density at radius 3 is 2.76 bits per heavy atom. The lowest BCUT2D eigenvalue weighted by Gasteiger charge is -2.22.